The number of nitrogens with two attached hydrogens (primary N) is 1. The quantitative estimate of drug-likeness (QED) is 0.745. The zero-order valence-electron chi connectivity index (χ0n) is 8.00. The fourth-order valence-corrected chi connectivity index (χ4v) is 4.57. The maximum atomic E-state index is 5.94. The summed E-state index contributed by atoms with van der Waals surface area (Å²) in [6.45, 7) is 3.36. The van der Waals surface area contributed by atoms with Crippen LogP contribution in [0.1, 0.15) is 6.42 Å². The fraction of sp³-hybridized carbons (Fsp3) is 1.00. The van der Waals surface area contributed by atoms with E-state index in [1.807, 2.05) is 0 Å². The third-order valence-corrected chi connectivity index (χ3v) is 5.32. The van der Waals surface area contributed by atoms with Gasteiger partial charge in [-0.3, -0.25) is 4.90 Å². The summed E-state index contributed by atoms with van der Waals surface area (Å²) in [5.41, 5.74) is 6.30. The van der Waals surface area contributed by atoms with E-state index in [4.69, 9.17) is 5.73 Å². The average molecular weight is 218 g/mol. The molecule has 1 unspecified atom stereocenters. The highest BCUT2D eigenvalue weighted by Gasteiger charge is 2.39. The molecule has 0 aromatic heterocycles. The van der Waals surface area contributed by atoms with E-state index in [-0.39, 0.29) is 0 Å². The number of hydrogen-bond acceptors (Lipinski definition) is 4. The minimum atomic E-state index is 0.367. The zero-order chi connectivity index (χ0) is 9.15. The molecule has 0 aromatic carbocycles. The van der Waals surface area contributed by atoms with Gasteiger partial charge in [-0.2, -0.15) is 23.5 Å². The van der Waals surface area contributed by atoms with Crippen LogP contribution >= 0.6 is 23.5 Å². The van der Waals surface area contributed by atoms with Gasteiger partial charge in [-0.05, 0) is 12.2 Å². The van der Waals surface area contributed by atoms with Crippen molar-refractivity contribution in [2.75, 3.05) is 42.6 Å². The topological polar surface area (TPSA) is 29.3 Å². The molecule has 0 saturated carbocycles. The smallest absolute Gasteiger partial charge is 0.0430 e. The Balaban J connectivity index is 2.01. The number of nitrogens with zero attached hydrogens (tertiary/aromatic N) is 1. The van der Waals surface area contributed by atoms with Crippen molar-refractivity contribution in [2.24, 2.45) is 5.73 Å². The molecule has 0 aliphatic carbocycles. The molecule has 2 saturated heterocycles. The summed E-state index contributed by atoms with van der Waals surface area (Å²) in [5, 5.41) is 0. The standard InChI is InChI=1S/C9H18N2S2/c10-7-9(1-4-13-8-9)11-2-5-12-6-3-11/h1-8,10H2. The largest absolute Gasteiger partial charge is 0.329 e. The Bertz CT molecular complexity index is 163. The first-order valence-electron chi connectivity index (χ1n) is 4.98. The lowest BCUT2D eigenvalue weighted by Gasteiger charge is -2.42. The maximum Gasteiger partial charge on any atom is 0.0430 e. The molecule has 0 bridgehead atoms. The molecule has 0 radical (unpaired) electrons. The van der Waals surface area contributed by atoms with Gasteiger partial charge in [0.15, 0.2) is 0 Å². The van der Waals surface area contributed by atoms with Crippen LogP contribution in [0.5, 0.6) is 0 Å². The number of hydrogen-bond donors (Lipinski definition) is 1. The van der Waals surface area contributed by atoms with E-state index in [0.29, 0.717) is 5.54 Å². The van der Waals surface area contributed by atoms with Crippen LogP contribution in [0.2, 0.25) is 0 Å². The summed E-state index contributed by atoms with van der Waals surface area (Å²) >= 11 is 4.15. The van der Waals surface area contributed by atoms with Gasteiger partial charge < -0.3 is 5.73 Å². The SMILES string of the molecule is NCC1(N2CCSCC2)CCSC1. The number of rotatable bonds is 2. The highest BCUT2D eigenvalue weighted by atomic mass is 32.2. The van der Waals surface area contributed by atoms with E-state index in [2.05, 4.69) is 28.4 Å². The van der Waals surface area contributed by atoms with E-state index in [0.717, 1.165) is 6.54 Å². The van der Waals surface area contributed by atoms with Crippen molar-refractivity contribution in [3.05, 3.63) is 0 Å². The molecule has 13 heavy (non-hydrogen) atoms. The van der Waals surface area contributed by atoms with Crippen molar-refractivity contribution >= 4 is 23.5 Å². The van der Waals surface area contributed by atoms with Crippen LogP contribution < -0.4 is 5.73 Å². The van der Waals surface area contributed by atoms with Crippen molar-refractivity contribution in [2.45, 2.75) is 12.0 Å². The van der Waals surface area contributed by atoms with Gasteiger partial charge in [0.25, 0.3) is 0 Å². The molecule has 2 N–H and O–H groups in total. The Kier molecular flexibility index (Phi) is 3.46. The minimum Gasteiger partial charge on any atom is -0.329 e. The third kappa shape index (κ3) is 2.01. The first kappa shape index (κ1) is 10.1. The summed E-state index contributed by atoms with van der Waals surface area (Å²) in [4.78, 5) is 2.64. The molecule has 2 heterocycles. The lowest BCUT2D eigenvalue weighted by Crippen LogP contribution is -2.56. The van der Waals surface area contributed by atoms with Crippen LogP contribution in [-0.2, 0) is 0 Å². The highest BCUT2D eigenvalue weighted by molar-refractivity contribution is 7.99. The molecule has 2 fully saturated rings. The first-order valence-corrected chi connectivity index (χ1v) is 7.29. The van der Waals surface area contributed by atoms with Gasteiger partial charge in [0, 0.05) is 42.4 Å². The molecule has 76 valence electrons. The van der Waals surface area contributed by atoms with Gasteiger partial charge >= 0.3 is 0 Å². The predicted molar refractivity (Wildman–Crippen MR) is 62.6 cm³/mol. The second-order valence-corrected chi connectivity index (χ2v) is 6.16. The van der Waals surface area contributed by atoms with Crippen molar-refractivity contribution in [1.82, 2.24) is 4.90 Å². The maximum absolute atomic E-state index is 5.94. The second kappa shape index (κ2) is 4.43. The van der Waals surface area contributed by atoms with Gasteiger partial charge in [0.1, 0.15) is 0 Å². The summed E-state index contributed by atoms with van der Waals surface area (Å²) in [6, 6.07) is 0. The average Bonchev–Trinajstić information content (AvgIpc) is 2.69. The van der Waals surface area contributed by atoms with Crippen LogP contribution in [0.15, 0.2) is 0 Å². The van der Waals surface area contributed by atoms with Crippen molar-refractivity contribution in [3.63, 3.8) is 0 Å². The van der Waals surface area contributed by atoms with Gasteiger partial charge in [-0.25, -0.2) is 0 Å². The van der Waals surface area contributed by atoms with Gasteiger partial charge in [-0.1, -0.05) is 0 Å². The second-order valence-electron chi connectivity index (χ2n) is 3.83. The van der Waals surface area contributed by atoms with Crippen LogP contribution in [0.4, 0.5) is 0 Å². The molecular weight excluding hydrogens is 200 g/mol. The van der Waals surface area contributed by atoms with Crippen LogP contribution in [0.25, 0.3) is 0 Å². The van der Waals surface area contributed by atoms with E-state index in [1.165, 1.54) is 42.5 Å². The van der Waals surface area contributed by atoms with E-state index < -0.39 is 0 Å². The molecule has 0 spiro atoms. The molecular formula is C9H18N2S2. The van der Waals surface area contributed by atoms with Crippen molar-refractivity contribution < 1.29 is 0 Å². The Morgan fingerprint density at radius 1 is 1.15 bits per heavy atom. The van der Waals surface area contributed by atoms with E-state index in [9.17, 15) is 0 Å². The molecule has 0 aromatic rings. The molecule has 0 amide bonds. The van der Waals surface area contributed by atoms with E-state index >= 15 is 0 Å². The summed E-state index contributed by atoms with van der Waals surface area (Å²) in [7, 11) is 0. The lowest BCUT2D eigenvalue weighted by molar-refractivity contribution is 0.131. The van der Waals surface area contributed by atoms with Crippen LogP contribution in [0, 0.1) is 0 Å². The zero-order valence-corrected chi connectivity index (χ0v) is 9.63. The van der Waals surface area contributed by atoms with Gasteiger partial charge in [-0.15, -0.1) is 0 Å². The van der Waals surface area contributed by atoms with Crippen molar-refractivity contribution in [1.29, 1.82) is 0 Å². The lowest BCUT2D eigenvalue weighted by atomic mass is 9.96. The normalized spacial score (nSPS) is 36.7. The summed E-state index contributed by atoms with van der Waals surface area (Å²) < 4.78 is 0. The van der Waals surface area contributed by atoms with Crippen LogP contribution in [0.3, 0.4) is 0 Å². The predicted octanol–water partition coefficient (Wildman–Crippen LogP) is 0.870. The Morgan fingerprint density at radius 2 is 1.92 bits per heavy atom. The highest BCUT2D eigenvalue weighted by Crippen LogP contribution is 2.33. The van der Waals surface area contributed by atoms with Gasteiger partial charge in [0.05, 0.1) is 0 Å². The molecule has 2 aliphatic heterocycles. The number of thioether (sulfide) groups is 2. The molecule has 2 aliphatic rings. The fourth-order valence-electron chi connectivity index (χ4n) is 2.17. The van der Waals surface area contributed by atoms with Crippen LogP contribution in [-0.4, -0.2) is 53.1 Å². The Labute approximate surface area is 89.0 Å². The summed E-state index contributed by atoms with van der Waals surface area (Å²) in [6.07, 6.45) is 1.30. The third-order valence-electron chi connectivity index (χ3n) is 3.14. The Morgan fingerprint density at radius 3 is 2.46 bits per heavy atom. The minimum absolute atomic E-state index is 0.367. The first-order chi connectivity index (χ1) is 6.37. The molecule has 1 atom stereocenters. The Hall–Kier alpha value is 0.620. The van der Waals surface area contributed by atoms with Gasteiger partial charge in [0.2, 0.25) is 0 Å². The molecule has 4 heteroatoms. The molecule has 2 rings (SSSR count). The van der Waals surface area contributed by atoms with E-state index in [1.54, 1.807) is 0 Å². The van der Waals surface area contributed by atoms with Crippen molar-refractivity contribution in [3.8, 4) is 0 Å². The summed E-state index contributed by atoms with van der Waals surface area (Å²) in [5.74, 6) is 5.16. The monoisotopic (exact) mass is 218 g/mol. The molecule has 2 nitrogen and oxygen atoms in total.